The molecule has 66 heavy (non-hydrogen) atoms. The molecule has 1 aliphatic rings. The van der Waals surface area contributed by atoms with Crippen LogP contribution in [0.2, 0.25) is 0 Å². The quantitative estimate of drug-likeness (QED) is 0.351. The third-order valence-corrected chi connectivity index (χ3v) is 6.78. The minimum Gasteiger partial charge on any atom is -0.378 e. The molecule has 2 amide bonds. The fraction of sp³-hybridized carbons (Fsp3) is 0.117. The van der Waals surface area contributed by atoms with E-state index in [1.165, 1.54) is 0 Å². The zero-order valence-corrected chi connectivity index (χ0v) is 34.7. The van der Waals surface area contributed by atoms with Gasteiger partial charge in [0.1, 0.15) is 0 Å². The molecule has 1 saturated heterocycles. The average molecular weight is 832 g/mol. The summed E-state index contributed by atoms with van der Waals surface area (Å²) in [6.07, 6.45) is 11.7. The van der Waals surface area contributed by atoms with E-state index in [0.717, 1.165) is 11.3 Å². The highest BCUT2D eigenvalue weighted by Crippen LogP contribution is 2.19. The SMILES string of the molecule is C#CC#CC#CC#CC#CC#CC#CC#CC#CC#CC#CN(C#CC#CC#CC#CC#CC#CC#CC#CC#CC#CC#C)C(=O)c1ccc(NCC(=O)[C@@H]2CCCN2C(=O)CC)cc1. The Hall–Kier alpha value is -12.1. The predicted molar refractivity (Wildman–Crippen MR) is 254 cm³/mol. The minimum absolute atomic E-state index is 0.0193. The van der Waals surface area contributed by atoms with E-state index in [9.17, 15) is 14.4 Å². The summed E-state index contributed by atoms with van der Waals surface area (Å²) in [5.74, 6) is 97.6. The molecule has 0 bridgehead atoms. The van der Waals surface area contributed by atoms with Gasteiger partial charge in [0.2, 0.25) is 5.91 Å². The number of benzene rings is 1. The van der Waals surface area contributed by atoms with Crippen molar-refractivity contribution >= 4 is 23.3 Å². The maximum absolute atomic E-state index is 13.4. The molecule has 1 aliphatic heterocycles. The van der Waals surface area contributed by atoms with Crippen LogP contribution in [0.25, 0.3) is 0 Å². The van der Waals surface area contributed by atoms with Crippen LogP contribution in [-0.4, -0.2) is 46.5 Å². The number of nitrogens with one attached hydrogen (secondary N) is 1. The van der Waals surface area contributed by atoms with Crippen LogP contribution in [0.4, 0.5) is 5.69 Å². The van der Waals surface area contributed by atoms with E-state index < -0.39 is 11.9 Å². The summed E-state index contributed by atoms with van der Waals surface area (Å²) in [5, 5.41) is 3.06. The summed E-state index contributed by atoms with van der Waals surface area (Å²) >= 11 is 0. The molecule has 6 heteroatoms. The first-order valence-electron chi connectivity index (χ1n) is 18.4. The highest BCUT2D eigenvalue weighted by molar-refractivity contribution is 5.97. The Morgan fingerprint density at radius 2 is 0.833 bits per heavy atom. The fourth-order valence-electron chi connectivity index (χ4n) is 4.20. The van der Waals surface area contributed by atoms with E-state index >= 15 is 0 Å². The standard InChI is InChI=1S/C60H21N3O3/c1-4-7-9-11-13-15-17-19-21-23-25-27-29-31-33-35-37-39-41-43-51-62(52-44-42-40-38-36-34-32-30-28-26-24-22-20-18-16-14-12-10-8-5-2)60(66)55-47-49-56(50-48-55)61-54-58(64)57-46-45-53-63(57)59(65)6-3/h1-2,47-50,57,61H,6,45-46,53-54H2,3H3/t57-/m0/s1. The Morgan fingerprint density at radius 3 is 1.15 bits per heavy atom. The number of carbonyl (C=O) groups is 3. The van der Waals surface area contributed by atoms with Crippen molar-refractivity contribution in [1.29, 1.82) is 0 Å². The second-order valence-electron chi connectivity index (χ2n) is 10.9. The van der Waals surface area contributed by atoms with Gasteiger partial charge in [0, 0.05) is 178 Å². The van der Waals surface area contributed by atoms with Gasteiger partial charge >= 0.3 is 0 Å². The van der Waals surface area contributed by atoms with Gasteiger partial charge < -0.3 is 10.2 Å². The molecule has 1 atom stereocenters. The lowest BCUT2D eigenvalue weighted by Crippen LogP contribution is -2.42. The molecule has 6 nitrogen and oxygen atoms in total. The lowest BCUT2D eigenvalue weighted by Gasteiger charge is -2.23. The molecule has 0 unspecified atom stereocenters. The Bertz CT molecular complexity index is 3410. The van der Waals surface area contributed by atoms with Gasteiger partial charge in [-0.2, -0.15) is 4.90 Å². The Morgan fingerprint density at radius 1 is 0.515 bits per heavy atom. The molecule has 1 N–H and O–H groups in total. The number of ketones is 1. The summed E-state index contributed by atoms with van der Waals surface area (Å²) in [6, 6.07) is 11.1. The number of terminal acetylenes is 2. The van der Waals surface area contributed by atoms with Crippen LogP contribution in [0.15, 0.2) is 24.3 Å². The number of likely N-dealkylation sites (tertiary alicyclic amines) is 1. The van der Waals surface area contributed by atoms with Crippen molar-refractivity contribution in [3.05, 3.63) is 29.8 Å². The number of nitrogens with zero attached hydrogens (tertiary/aromatic N) is 2. The van der Waals surface area contributed by atoms with Gasteiger partial charge in [0.05, 0.1) is 12.6 Å². The fourth-order valence-corrected chi connectivity index (χ4v) is 4.20. The van der Waals surface area contributed by atoms with Crippen LogP contribution in [0.3, 0.4) is 0 Å². The van der Waals surface area contributed by atoms with Crippen LogP contribution >= 0.6 is 0 Å². The molecule has 2 rings (SSSR count). The van der Waals surface area contributed by atoms with Crippen molar-refractivity contribution in [2.45, 2.75) is 32.2 Å². The molecule has 0 radical (unpaired) electrons. The van der Waals surface area contributed by atoms with Crippen molar-refractivity contribution in [2.24, 2.45) is 0 Å². The van der Waals surface area contributed by atoms with Gasteiger partial charge in [0.25, 0.3) is 5.91 Å². The minimum atomic E-state index is -0.579. The van der Waals surface area contributed by atoms with E-state index in [-0.39, 0.29) is 23.8 Å². The topological polar surface area (TPSA) is 69.7 Å². The molecule has 0 aliphatic carbocycles. The Labute approximate surface area is 388 Å². The van der Waals surface area contributed by atoms with Crippen molar-refractivity contribution in [3.8, 4) is 262 Å². The maximum atomic E-state index is 13.4. The van der Waals surface area contributed by atoms with E-state index in [2.05, 4.69) is 254 Å². The van der Waals surface area contributed by atoms with Crippen LogP contribution in [0.5, 0.6) is 0 Å². The van der Waals surface area contributed by atoms with Crippen LogP contribution in [-0.2, 0) is 9.59 Å². The van der Waals surface area contributed by atoms with Gasteiger partial charge in [-0.1, -0.05) is 6.92 Å². The van der Waals surface area contributed by atoms with Crippen LogP contribution in [0.1, 0.15) is 36.5 Å². The molecule has 1 aromatic carbocycles. The summed E-state index contributed by atoms with van der Waals surface area (Å²) in [4.78, 5) is 41.1. The van der Waals surface area contributed by atoms with E-state index in [0.29, 0.717) is 25.1 Å². The largest absolute Gasteiger partial charge is 0.378 e. The van der Waals surface area contributed by atoms with E-state index in [1.54, 1.807) is 36.1 Å². The Kier molecular flexibility index (Phi) is 26.5. The van der Waals surface area contributed by atoms with Gasteiger partial charge in [0.15, 0.2) is 5.78 Å². The van der Waals surface area contributed by atoms with Gasteiger partial charge in [-0.05, 0) is 132 Å². The number of anilines is 1. The van der Waals surface area contributed by atoms with Crippen molar-refractivity contribution in [1.82, 2.24) is 9.80 Å². The smallest absolute Gasteiger partial charge is 0.277 e. The number of amides is 2. The van der Waals surface area contributed by atoms with Gasteiger partial charge in [-0.25, -0.2) is 0 Å². The summed E-state index contributed by atoms with van der Waals surface area (Å²) in [5.41, 5.74) is 0.828. The molecule has 294 valence electrons. The van der Waals surface area contributed by atoms with E-state index in [4.69, 9.17) is 12.8 Å². The highest BCUT2D eigenvalue weighted by Gasteiger charge is 2.32. The van der Waals surface area contributed by atoms with Crippen molar-refractivity contribution < 1.29 is 14.4 Å². The summed E-state index contributed by atoms with van der Waals surface area (Å²) in [6.45, 7) is 2.36. The molecule has 1 fully saturated rings. The predicted octanol–water partition coefficient (Wildman–Crippen LogP) is 1.76. The van der Waals surface area contributed by atoms with Crippen LogP contribution < -0.4 is 5.32 Å². The van der Waals surface area contributed by atoms with Crippen LogP contribution in [0, 0.1) is 262 Å². The van der Waals surface area contributed by atoms with Gasteiger partial charge in [-0.15, -0.1) is 12.8 Å². The summed E-state index contributed by atoms with van der Waals surface area (Å²) in [7, 11) is 0. The average Bonchev–Trinajstić information content (AvgIpc) is 3.84. The first kappa shape index (κ1) is 50.1. The normalized spacial score (nSPS) is 8.59. The van der Waals surface area contributed by atoms with Crippen molar-refractivity contribution in [2.75, 3.05) is 18.4 Å². The Balaban J connectivity index is 2.16. The monoisotopic (exact) mass is 831 g/mol. The van der Waals surface area contributed by atoms with Gasteiger partial charge in [-0.3, -0.25) is 14.4 Å². The van der Waals surface area contributed by atoms with Crippen molar-refractivity contribution in [3.63, 3.8) is 0 Å². The molecule has 0 saturated carbocycles. The first-order chi connectivity index (χ1) is 32.5. The molecule has 1 aromatic rings. The number of hydrogen-bond donors (Lipinski definition) is 1. The number of Topliss-reactive ketones (excluding diaryl/α,β-unsaturated/α-hetero) is 1. The number of carbonyl (C=O) groups excluding carboxylic acids is 3. The summed E-state index contributed by atoms with van der Waals surface area (Å²) < 4.78 is 0. The number of hydrogen-bond acceptors (Lipinski definition) is 4. The zero-order chi connectivity index (χ0) is 47.4. The molecule has 1 heterocycles. The lowest BCUT2D eigenvalue weighted by atomic mass is 10.1. The second-order valence-corrected chi connectivity index (χ2v) is 10.9. The maximum Gasteiger partial charge on any atom is 0.277 e. The second kappa shape index (κ2) is 34.9. The third-order valence-electron chi connectivity index (χ3n) is 6.78. The molecule has 0 aromatic heterocycles. The van der Waals surface area contributed by atoms with E-state index in [1.807, 2.05) is 0 Å². The molecule has 0 spiro atoms. The zero-order valence-electron chi connectivity index (χ0n) is 34.7. The first-order valence-corrected chi connectivity index (χ1v) is 18.4. The third kappa shape index (κ3) is 24.0. The lowest BCUT2D eigenvalue weighted by molar-refractivity contribution is -0.136. The molecular weight excluding hydrogens is 811 g/mol. The number of rotatable bonds is 6. The molecular formula is C60H21N3O3. The highest BCUT2D eigenvalue weighted by atomic mass is 16.2.